The van der Waals surface area contributed by atoms with Crippen LogP contribution < -0.4 is 9.47 Å². The van der Waals surface area contributed by atoms with Crippen LogP contribution in [0, 0.1) is 0 Å². The largest absolute Gasteiger partial charge is 0.475 e. The van der Waals surface area contributed by atoms with Crippen molar-refractivity contribution in [1.82, 2.24) is 15.0 Å². The number of aliphatic hydroxyl groups is 2. The number of aliphatic hydroxyl groups excluding tert-OH is 2. The molecule has 3 heterocycles. The third-order valence-corrected chi connectivity index (χ3v) is 4.14. The predicted molar refractivity (Wildman–Crippen MR) is 87.5 cm³/mol. The lowest BCUT2D eigenvalue weighted by Gasteiger charge is -2.41. The minimum Gasteiger partial charge on any atom is -0.475 e. The van der Waals surface area contributed by atoms with Gasteiger partial charge in [-0.2, -0.15) is 13.2 Å². The summed E-state index contributed by atoms with van der Waals surface area (Å²) >= 11 is 0. The van der Waals surface area contributed by atoms with Crippen molar-refractivity contribution < 1.29 is 37.6 Å². The highest BCUT2D eigenvalue weighted by molar-refractivity contribution is 5.18. The van der Waals surface area contributed by atoms with Crippen LogP contribution in [0.25, 0.3) is 0 Å². The molecule has 0 radical (unpaired) electrons. The lowest BCUT2D eigenvalue weighted by molar-refractivity contribution is -0.216. The first-order chi connectivity index (χ1) is 13.3. The van der Waals surface area contributed by atoms with E-state index in [1.807, 2.05) is 0 Å². The van der Waals surface area contributed by atoms with E-state index in [-0.39, 0.29) is 18.4 Å². The monoisotopic (exact) mass is 401 g/mol. The Balaban J connectivity index is 1.78. The Hall–Kier alpha value is -2.50. The molecule has 3 rings (SSSR count). The summed E-state index contributed by atoms with van der Waals surface area (Å²) in [5.74, 6) is -0.126. The van der Waals surface area contributed by atoms with E-state index in [0.29, 0.717) is 0 Å². The Morgan fingerprint density at radius 2 is 1.93 bits per heavy atom. The number of hydrogen-bond acceptors (Lipinski definition) is 8. The molecule has 1 fully saturated rings. The van der Waals surface area contributed by atoms with Gasteiger partial charge in [0.15, 0.2) is 6.10 Å². The Bertz CT molecular complexity index is 780. The number of pyridine rings is 1. The SMILES string of the molecule is C[C@H]1O[C@H](COc2ccncn2)[C@H](Oc2cccc(C(F)(F)F)n2)[C@@H](O)C1O. The van der Waals surface area contributed by atoms with Gasteiger partial charge < -0.3 is 24.4 Å². The van der Waals surface area contributed by atoms with Crippen LogP contribution in [0.2, 0.25) is 0 Å². The van der Waals surface area contributed by atoms with Crippen LogP contribution in [0.3, 0.4) is 0 Å². The topological polar surface area (TPSA) is 107 Å². The van der Waals surface area contributed by atoms with Crippen molar-refractivity contribution in [3.8, 4) is 11.8 Å². The zero-order valence-corrected chi connectivity index (χ0v) is 14.7. The smallest absolute Gasteiger partial charge is 0.433 e. The van der Waals surface area contributed by atoms with E-state index in [1.54, 1.807) is 6.92 Å². The molecule has 1 aliphatic rings. The van der Waals surface area contributed by atoms with Crippen molar-refractivity contribution in [2.45, 2.75) is 43.6 Å². The number of hydrogen-bond donors (Lipinski definition) is 2. The Morgan fingerprint density at radius 3 is 2.61 bits per heavy atom. The Kier molecular flexibility index (Phi) is 5.96. The van der Waals surface area contributed by atoms with E-state index < -0.39 is 42.4 Å². The fourth-order valence-electron chi connectivity index (χ4n) is 2.71. The number of alkyl halides is 3. The molecule has 0 bridgehead atoms. The van der Waals surface area contributed by atoms with E-state index in [9.17, 15) is 23.4 Å². The summed E-state index contributed by atoms with van der Waals surface area (Å²) in [5.41, 5.74) is -1.14. The maximum Gasteiger partial charge on any atom is 0.433 e. The van der Waals surface area contributed by atoms with Crippen molar-refractivity contribution in [2.75, 3.05) is 6.61 Å². The molecule has 2 N–H and O–H groups in total. The molecule has 2 aromatic rings. The summed E-state index contributed by atoms with van der Waals surface area (Å²) in [5, 5.41) is 20.4. The average Bonchev–Trinajstić information content (AvgIpc) is 2.67. The van der Waals surface area contributed by atoms with Gasteiger partial charge in [0.05, 0.1) is 6.10 Å². The molecule has 0 spiro atoms. The Morgan fingerprint density at radius 1 is 1.14 bits per heavy atom. The molecule has 152 valence electrons. The van der Waals surface area contributed by atoms with Crippen molar-refractivity contribution in [1.29, 1.82) is 0 Å². The summed E-state index contributed by atoms with van der Waals surface area (Å²) in [6.45, 7) is 1.42. The van der Waals surface area contributed by atoms with Crippen LogP contribution in [0.15, 0.2) is 36.8 Å². The molecule has 8 nitrogen and oxygen atoms in total. The highest BCUT2D eigenvalue weighted by Crippen LogP contribution is 2.30. The first-order valence-corrected chi connectivity index (χ1v) is 8.37. The maximum atomic E-state index is 12.9. The highest BCUT2D eigenvalue weighted by Gasteiger charge is 2.45. The van der Waals surface area contributed by atoms with Crippen LogP contribution in [0.1, 0.15) is 12.6 Å². The van der Waals surface area contributed by atoms with Crippen LogP contribution >= 0.6 is 0 Å². The summed E-state index contributed by atoms with van der Waals surface area (Å²) in [6, 6.07) is 4.65. The second-order valence-corrected chi connectivity index (χ2v) is 6.16. The van der Waals surface area contributed by atoms with Crippen LogP contribution in [0.5, 0.6) is 11.8 Å². The third-order valence-electron chi connectivity index (χ3n) is 4.14. The summed E-state index contributed by atoms with van der Waals surface area (Å²) in [6.07, 6.45) is -7.51. The van der Waals surface area contributed by atoms with Gasteiger partial charge in [0.25, 0.3) is 0 Å². The van der Waals surface area contributed by atoms with Gasteiger partial charge >= 0.3 is 6.18 Å². The number of nitrogens with zero attached hydrogens (tertiary/aromatic N) is 3. The minimum absolute atomic E-state index is 0.130. The number of aromatic nitrogens is 3. The second-order valence-electron chi connectivity index (χ2n) is 6.16. The predicted octanol–water partition coefficient (Wildman–Crippen LogP) is 1.23. The van der Waals surface area contributed by atoms with Gasteiger partial charge in [0.1, 0.15) is 36.9 Å². The molecular formula is C17H18F3N3O5. The van der Waals surface area contributed by atoms with Gasteiger partial charge in [0, 0.05) is 18.3 Å². The van der Waals surface area contributed by atoms with Crippen molar-refractivity contribution in [3.05, 3.63) is 42.5 Å². The average molecular weight is 401 g/mol. The van der Waals surface area contributed by atoms with E-state index >= 15 is 0 Å². The second kappa shape index (κ2) is 8.25. The Labute approximate surface area is 157 Å². The maximum absolute atomic E-state index is 12.9. The summed E-state index contributed by atoms with van der Waals surface area (Å²) in [7, 11) is 0. The zero-order chi connectivity index (χ0) is 20.3. The summed E-state index contributed by atoms with van der Waals surface area (Å²) < 4.78 is 55.1. The normalized spacial score (nSPS) is 28.0. The van der Waals surface area contributed by atoms with Crippen molar-refractivity contribution in [3.63, 3.8) is 0 Å². The van der Waals surface area contributed by atoms with Crippen molar-refractivity contribution >= 4 is 0 Å². The molecule has 28 heavy (non-hydrogen) atoms. The van der Waals surface area contributed by atoms with Gasteiger partial charge in [-0.05, 0) is 13.0 Å². The van der Waals surface area contributed by atoms with E-state index in [0.717, 1.165) is 12.1 Å². The lowest BCUT2D eigenvalue weighted by atomic mass is 9.96. The molecule has 5 atom stereocenters. The fourth-order valence-corrected chi connectivity index (χ4v) is 2.71. The van der Waals surface area contributed by atoms with Gasteiger partial charge in [-0.1, -0.05) is 6.07 Å². The number of ether oxygens (including phenoxy) is 3. The fraction of sp³-hybridized carbons (Fsp3) is 0.471. The molecular weight excluding hydrogens is 383 g/mol. The van der Waals surface area contributed by atoms with E-state index in [4.69, 9.17) is 14.2 Å². The highest BCUT2D eigenvalue weighted by atomic mass is 19.4. The first-order valence-electron chi connectivity index (χ1n) is 8.37. The number of rotatable bonds is 5. The number of halogens is 3. The van der Waals surface area contributed by atoms with Crippen LogP contribution in [-0.4, -0.2) is 62.3 Å². The van der Waals surface area contributed by atoms with Crippen molar-refractivity contribution in [2.24, 2.45) is 0 Å². The van der Waals surface area contributed by atoms with Gasteiger partial charge in [-0.25, -0.2) is 15.0 Å². The first kappa shape index (κ1) is 20.2. The minimum atomic E-state index is -4.65. The van der Waals surface area contributed by atoms with Crippen LogP contribution in [-0.2, 0) is 10.9 Å². The zero-order valence-electron chi connectivity index (χ0n) is 14.7. The van der Waals surface area contributed by atoms with Gasteiger partial charge in [-0.15, -0.1) is 0 Å². The van der Waals surface area contributed by atoms with Gasteiger partial charge in [0.2, 0.25) is 11.8 Å². The lowest BCUT2D eigenvalue weighted by Crippen LogP contribution is -2.60. The molecule has 1 unspecified atom stereocenters. The third kappa shape index (κ3) is 4.66. The molecule has 0 saturated carbocycles. The van der Waals surface area contributed by atoms with Crippen LogP contribution in [0.4, 0.5) is 13.2 Å². The molecule has 2 aromatic heterocycles. The summed E-state index contributed by atoms with van der Waals surface area (Å²) in [4.78, 5) is 11.1. The molecule has 1 aliphatic heterocycles. The van der Waals surface area contributed by atoms with Gasteiger partial charge in [-0.3, -0.25) is 0 Å². The van der Waals surface area contributed by atoms with E-state index in [2.05, 4.69) is 15.0 Å². The molecule has 1 saturated heterocycles. The molecule has 0 amide bonds. The molecule has 11 heteroatoms. The molecule has 0 aliphatic carbocycles. The quantitative estimate of drug-likeness (QED) is 0.771. The molecule has 0 aromatic carbocycles. The van der Waals surface area contributed by atoms with E-state index in [1.165, 1.54) is 24.7 Å². The standard InChI is InChI=1S/C17H18F3N3O5/c1-9-14(24)15(25)16(10(27-9)7-26-12-5-6-21-8-22-12)28-13-4-2-3-11(23-13)17(18,19)20/h2-6,8-10,14-16,24-25H,7H2,1H3/t9-,10-,14?,15+,16+/m1/s1.